The van der Waals surface area contributed by atoms with Crippen LogP contribution in [0.2, 0.25) is 10.0 Å². The van der Waals surface area contributed by atoms with E-state index in [2.05, 4.69) is 5.32 Å². The molecular formula is C20H24Cl2N2O5S2. The fourth-order valence-corrected chi connectivity index (χ4v) is 4.85. The van der Waals surface area contributed by atoms with Crippen LogP contribution in [0.15, 0.2) is 41.3 Å². The van der Waals surface area contributed by atoms with Crippen LogP contribution in [0.3, 0.4) is 0 Å². The molecule has 0 aromatic heterocycles. The van der Waals surface area contributed by atoms with Crippen molar-refractivity contribution in [2.45, 2.75) is 10.6 Å². The number of amides is 1. The van der Waals surface area contributed by atoms with Gasteiger partial charge in [-0.25, -0.2) is 8.42 Å². The second-order valence-corrected chi connectivity index (χ2v) is 10.4. The molecular weight excluding hydrogens is 483 g/mol. The number of rotatable bonds is 11. The topological polar surface area (TPSA) is 84.9 Å². The molecule has 0 bridgehead atoms. The van der Waals surface area contributed by atoms with E-state index in [4.69, 9.17) is 32.7 Å². The molecule has 0 heterocycles. The number of carbonyl (C=O) groups is 1. The Bertz CT molecular complexity index is 1020. The Kier molecular flexibility index (Phi) is 9.77. The number of hydrogen-bond donors (Lipinski definition) is 1. The fourth-order valence-electron chi connectivity index (χ4n) is 2.58. The van der Waals surface area contributed by atoms with Crippen molar-refractivity contribution in [2.75, 3.05) is 40.1 Å². The summed E-state index contributed by atoms with van der Waals surface area (Å²) in [6.45, 7) is 0.114. The molecule has 7 nitrogen and oxygen atoms in total. The van der Waals surface area contributed by atoms with Crippen LogP contribution in [0.25, 0.3) is 0 Å². The molecule has 2 aromatic rings. The predicted molar refractivity (Wildman–Crippen MR) is 125 cm³/mol. The third-order valence-electron chi connectivity index (χ3n) is 4.25. The van der Waals surface area contributed by atoms with Crippen molar-refractivity contribution < 1.29 is 22.7 Å². The number of halogens is 2. The van der Waals surface area contributed by atoms with Gasteiger partial charge < -0.3 is 14.8 Å². The SMILES string of the molecule is COc1ccc(S(=O)(=O)N(C)CC(=O)NCCSCc2ccc(Cl)c(Cl)c2)cc1OC. The van der Waals surface area contributed by atoms with Crippen molar-refractivity contribution in [3.8, 4) is 11.5 Å². The summed E-state index contributed by atoms with van der Waals surface area (Å²) in [5.41, 5.74) is 1.03. The van der Waals surface area contributed by atoms with Gasteiger partial charge in [0.2, 0.25) is 15.9 Å². The number of nitrogens with zero attached hydrogens (tertiary/aromatic N) is 1. The van der Waals surface area contributed by atoms with Crippen molar-refractivity contribution in [2.24, 2.45) is 0 Å². The lowest BCUT2D eigenvalue weighted by atomic mass is 10.2. The van der Waals surface area contributed by atoms with E-state index in [0.717, 1.165) is 15.6 Å². The molecule has 0 atom stereocenters. The van der Waals surface area contributed by atoms with Gasteiger partial charge in [0.05, 0.1) is 35.7 Å². The van der Waals surface area contributed by atoms with Crippen LogP contribution in [0.1, 0.15) is 5.56 Å². The van der Waals surface area contributed by atoms with Crippen molar-refractivity contribution in [1.82, 2.24) is 9.62 Å². The van der Waals surface area contributed by atoms with E-state index in [0.29, 0.717) is 33.8 Å². The van der Waals surface area contributed by atoms with Crippen molar-refractivity contribution >= 4 is 50.9 Å². The molecule has 0 spiro atoms. The molecule has 0 aliphatic carbocycles. The molecule has 11 heteroatoms. The summed E-state index contributed by atoms with van der Waals surface area (Å²) in [6, 6.07) is 9.73. The highest BCUT2D eigenvalue weighted by Gasteiger charge is 2.24. The van der Waals surface area contributed by atoms with Gasteiger partial charge in [-0.3, -0.25) is 4.79 Å². The van der Waals surface area contributed by atoms with Crippen molar-refractivity contribution in [1.29, 1.82) is 0 Å². The van der Waals surface area contributed by atoms with E-state index in [1.807, 2.05) is 12.1 Å². The summed E-state index contributed by atoms with van der Waals surface area (Å²) < 4.78 is 36.8. The number of benzene rings is 2. The largest absolute Gasteiger partial charge is 0.493 e. The first-order chi connectivity index (χ1) is 14.7. The van der Waals surface area contributed by atoms with Crippen LogP contribution in [-0.4, -0.2) is 58.7 Å². The number of ether oxygens (including phenoxy) is 2. The average molecular weight is 507 g/mol. The molecule has 0 fully saturated rings. The first-order valence-corrected chi connectivity index (χ1v) is 12.5. The lowest BCUT2D eigenvalue weighted by Crippen LogP contribution is -2.39. The molecule has 2 aromatic carbocycles. The minimum Gasteiger partial charge on any atom is -0.493 e. The number of carbonyl (C=O) groups excluding carboxylic acids is 1. The Balaban J connectivity index is 1.82. The van der Waals surface area contributed by atoms with Gasteiger partial charge in [0, 0.05) is 31.2 Å². The molecule has 170 valence electrons. The number of methoxy groups -OCH3 is 2. The molecule has 1 amide bonds. The van der Waals surface area contributed by atoms with Gasteiger partial charge >= 0.3 is 0 Å². The van der Waals surface area contributed by atoms with Crippen LogP contribution in [0, 0.1) is 0 Å². The lowest BCUT2D eigenvalue weighted by Gasteiger charge is -2.18. The molecule has 0 saturated carbocycles. The van der Waals surface area contributed by atoms with Gasteiger partial charge in [-0.05, 0) is 29.8 Å². The number of sulfonamides is 1. The monoisotopic (exact) mass is 506 g/mol. The molecule has 0 radical (unpaired) electrons. The second kappa shape index (κ2) is 11.8. The van der Waals surface area contributed by atoms with Gasteiger partial charge in [-0.15, -0.1) is 0 Å². The quantitative estimate of drug-likeness (QED) is 0.468. The Morgan fingerprint density at radius 1 is 1.06 bits per heavy atom. The molecule has 0 aliphatic heterocycles. The van der Waals surface area contributed by atoms with Crippen LogP contribution < -0.4 is 14.8 Å². The maximum absolute atomic E-state index is 12.7. The minimum absolute atomic E-state index is 0.0117. The summed E-state index contributed by atoms with van der Waals surface area (Å²) in [6.07, 6.45) is 0. The summed E-state index contributed by atoms with van der Waals surface area (Å²) in [5, 5.41) is 3.74. The number of hydrogen-bond acceptors (Lipinski definition) is 6. The van der Waals surface area contributed by atoms with Crippen LogP contribution >= 0.6 is 35.0 Å². The molecule has 31 heavy (non-hydrogen) atoms. The average Bonchev–Trinajstić information content (AvgIpc) is 2.75. The summed E-state index contributed by atoms with van der Waals surface area (Å²) >= 11 is 13.5. The number of thioether (sulfide) groups is 1. The highest BCUT2D eigenvalue weighted by molar-refractivity contribution is 7.98. The molecule has 2 rings (SSSR count). The summed E-state index contributed by atoms with van der Waals surface area (Å²) in [4.78, 5) is 12.2. The summed E-state index contributed by atoms with van der Waals surface area (Å²) in [7, 11) is 0.375. The van der Waals surface area contributed by atoms with E-state index in [1.165, 1.54) is 39.5 Å². The predicted octanol–water partition coefficient (Wildman–Crippen LogP) is 3.68. The van der Waals surface area contributed by atoms with Crippen molar-refractivity contribution in [3.63, 3.8) is 0 Å². The van der Waals surface area contributed by atoms with Crippen molar-refractivity contribution in [3.05, 3.63) is 52.0 Å². The Morgan fingerprint density at radius 2 is 1.77 bits per heavy atom. The van der Waals surface area contributed by atoms with Gasteiger partial charge in [-0.2, -0.15) is 16.1 Å². The third-order valence-corrected chi connectivity index (χ3v) is 7.82. The van der Waals surface area contributed by atoms with Crippen LogP contribution in [-0.2, 0) is 20.6 Å². The van der Waals surface area contributed by atoms with Gasteiger partial charge in [0.25, 0.3) is 0 Å². The molecule has 0 unspecified atom stereocenters. The first-order valence-electron chi connectivity index (χ1n) is 9.15. The van der Waals surface area contributed by atoms with E-state index < -0.39 is 10.0 Å². The van der Waals surface area contributed by atoms with Crippen LogP contribution in [0.5, 0.6) is 11.5 Å². The van der Waals surface area contributed by atoms with Gasteiger partial charge in [0.1, 0.15) is 0 Å². The Labute approximate surface area is 197 Å². The Hall–Kier alpha value is -1.65. The number of likely N-dealkylation sites (N-methyl/N-ethyl adjacent to an activating group) is 1. The number of nitrogens with one attached hydrogen (secondary N) is 1. The minimum atomic E-state index is -3.86. The zero-order valence-electron chi connectivity index (χ0n) is 17.4. The second-order valence-electron chi connectivity index (χ2n) is 6.43. The van der Waals surface area contributed by atoms with Crippen LogP contribution in [0.4, 0.5) is 0 Å². The van der Waals surface area contributed by atoms with Gasteiger partial charge in [-0.1, -0.05) is 29.3 Å². The van der Waals surface area contributed by atoms with E-state index in [1.54, 1.807) is 17.8 Å². The first kappa shape index (κ1) is 25.6. The zero-order valence-corrected chi connectivity index (χ0v) is 20.5. The fraction of sp³-hybridized carbons (Fsp3) is 0.350. The summed E-state index contributed by atoms with van der Waals surface area (Å²) in [5.74, 6) is 1.71. The van der Waals surface area contributed by atoms with Gasteiger partial charge in [0.15, 0.2) is 11.5 Å². The maximum atomic E-state index is 12.7. The van der Waals surface area contributed by atoms with E-state index >= 15 is 0 Å². The highest BCUT2D eigenvalue weighted by atomic mass is 35.5. The maximum Gasteiger partial charge on any atom is 0.243 e. The van der Waals surface area contributed by atoms with E-state index in [9.17, 15) is 13.2 Å². The highest BCUT2D eigenvalue weighted by Crippen LogP contribution is 2.30. The Morgan fingerprint density at radius 3 is 2.42 bits per heavy atom. The standard InChI is InChI=1S/C20H24Cl2N2O5S2/c1-24(31(26,27)15-5-7-18(28-2)19(11-15)29-3)12-20(25)23-8-9-30-13-14-4-6-16(21)17(22)10-14/h4-7,10-11H,8-9,12-13H2,1-3H3,(H,23,25). The third kappa shape index (κ3) is 7.18. The molecule has 1 N–H and O–H groups in total. The zero-order chi connectivity index (χ0) is 23.0. The normalized spacial score (nSPS) is 11.4. The molecule has 0 saturated heterocycles. The smallest absolute Gasteiger partial charge is 0.243 e. The lowest BCUT2D eigenvalue weighted by molar-refractivity contribution is -0.121. The molecule has 0 aliphatic rings. The van der Waals surface area contributed by atoms with E-state index in [-0.39, 0.29) is 17.3 Å².